The van der Waals surface area contributed by atoms with Crippen LogP contribution in [-0.4, -0.2) is 11.1 Å². The minimum absolute atomic E-state index is 0. The van der Waals surface area contributed by atoms with Gasteiger partial charge in [-0.25, -0.2) is 10.3 Å². The van der Waals surface area contributed by atoms with Crippen LogP contribution in [0.15, 0.2) is 24.4 Å². The number of rotatable bonds is 1. The van der Waals surface area contributed by atoms with Crippen LogP contribution in [0.2, 0.25) is 0 Å². The van der Waals surface area contributed by atoms with Crippen LogP contribution in [-0.2, 0) is 0 Å². The van der Waals surface area contributed by atoms with Gasteiger partial charge in [-0.3, -0.25) is 0 Å². The van der Waals surface area contributed by atoms with Crippen molar-refractivity contribution in [2.45, 2.75) is 0 Å². The molecule has 0 unspecified atom stereocenters. The van der Waals surface area contributed by atoms with E-state index in [1.165, 1.54) is 6.07 Å². The summed E-state index contributed by atoms with van der Waals surface area (Å²) in [4.78, 5) is 15.6. The fourth-order valence-electron chi connectivity index (χ4n) is 1.13. The maximum absolute atomic E-state index is 10.6. The van der Waals surface area contributed by atoms with Crippen LogP contribution in [0.3, 0.4) is 0 Å². The molecule has 2 rings (SSSR count). The zero-order valence-corrected chi connectivity index (χ0v) is 7.88. The normalized spacial score (nSPS) is 11.7. The van der Waals surface area contributed by atoms with E-state index in [0.29, 0.717) is 5.75 Å². The summed E-state index contributed by atoms with van der Waals surface area (Å²) in [5, 5.41) is 8.71. The summed E-state index contributed by atoms with van der Waals surface area (Å²) in [5.74, 6) is -0.303. The van der Waals surface area contributed by atoms with Crippen LogP contribution < -0.4 is 10.3 Å². The summed E-state index contributed by atoms with van der Waals surface area (Å²) in [6.07, 6.45) is 3.36. The van der Waals surface area contributed by atoms with Crippen molar-refractivity contribution in [1.82, 2.24) is 5.48 Å². The summed E-state index contributed by atoms with van der Waals surface area (Å²) in [5.41, 5.74) is 3.58. The lowest BCUT2D eigenvalue weighted by atomic mass is 10.1. The van der Waals surface area contributed by atoms with Crippen molar-refractivity contribution in [3.8, 4) is 5.75 Å². The van der Waals surface area contributed by atoms with Crippen molar-refractivity contribution >= 4 is 24.5 Å². The van der Waals surface area contributed by atoms with Gasteiger partial charge < -0.3 is 9.94 Å². The van der Waals surface area contributed by atoms with E-state index in [4.69, 9.17) is 9.94 Å². The maximum atomic E-state index is 10.6. The first-order chi connectivity index (χ1) is 6.27. The molecule has 0 amide bonds. The third-order valence-electron chi connectivity index (χ3n) is 1.76. The van der Waals surface area contributed by atoms with E-state index in [1.54, 1.807) is 24.4 Å². The standard InChI is InChI=1S/C9H7NO3.ClH/c11-9(12)7-1-2-8-6(5-7)3-4-10-13-8;/h1-5,10H,(H,11,12);1H. The van der Waals surface area contributed by atoms with Crippen molar-refractivity contribution in [1.29, 1.82) is 0 Å². The van der Waals surface area contributed by atoms with Gasteiger partial charge in [0.05, 0.1) is 5.56 Å². The highest BCUT2D eigenvalue weighted by atomic mass is 35.5. The van der Waals surface area contributed by atoms with E-state index in [-0.39, 0.29) is 18.0 Å². The van der Waals surface area contributed by atoms with E-state index in [0.717, 1.165) is 5.56 Å². The molecular formula is C9H8ClNO3. The average molecular weight is 214 g/mol. The molecule has 2 N–H and O–H groups in total. The maximum Gasteiger partial charge on any atom is 0.335 e. The van der Waals surface area contributed by atoms with Gasteiger partial charge in [0.25, 0.3) is 0 Å². The highest BCUT2D eigenvalue weighted by Gasteiger charge is 2.09. The van der Waals surface area contributed by atoms with E-state index >= 15 is 0 Å². The Morgan fingerprint density at radius 2 is 2.21 bits per heavy atom. The lowest BCUT2D eigenvalue weighted by Crippen LogP contribution is -2.14. The highest BCUT2D eigenvalue weighted by Crippen LogP contribution is 2.22. The number of hydroxylamine groups is 1. The summed E-state index contributed by atoms with van der Waals surface area (Å²) in [6, 6.07) is 4.69. The predicted molar refractivity (Wildman–Crippen MR) is 53.4 cm³/mol. The van der Waals surface area contributed by atoms with Gasteiger partial charge >= 0.3 is 5.97 Å². The molecule has 0 radical (unpaired) electrons. The van der Waals surface area contributed by atoms with Gasteiger partial charge in [0.2, 0.25) is 0 Å². The van der Waals surface area contributed by atoms with Crippen LogP contribution in [0.1, 0.15) is 15.9 Å². The SMILES string of the molecule is Cl.O=C(O)c1ccc2c(c1)C=CNO2. The largest absolute Gasteiger partial charge is 0.478 e. The molecule has 0 fully saturated rings. The second kappa shape index (κ2) is 4.02. The fraction of sp³-hybridized carbons (Fsp3) is 0. The molecule has 0 saturated carbocycles. The number of carboxylic acids is 1. The topological polar surface area (TPSA) is 58.6 Å². The number of carboxylic acid groups (broad SMARTS) is 1. The molecule has 0 aliphatic carbocycles. The Hall–Kier alpha value is -1.68. The number of aromatic carboxylic acids is 1. The number of fused-ring (bicyclic) bond motifs is 1. The minimum atomic E-state index is -0.935. The summed E-state index contributed by atoms with van der Waals surface area (Å²) < 4.78 is 0. The number of halogens is 1. The first-order valence-electron chi connectivity index (χ1n) is 3.73. The van der Waals surface area contributed by atoms with Gasteiger partial charge in [-0.1, -0.05) is 0 Å². The van der Waals surface area contributed by atoms with Crippen molar-refractivity contribution in [3.63, 3.8) is 0 Å². The zero-order valence-electron chi connectivity index (χ0n) is 7.06. The average Bonchev–Trinajstić information content (AvgIpc) is 2.17. The Morgan fingerprint density at radius 1 is 1.43 bits per heavy atom. The molecule has 14 heavy (non-hydrogen) atoms. The molecule has 74 valence electrons. The molecule has 1 aromatic rings. The molecule has 0 bridgehead atoms. The Bertz CT molecular complexity index is 390. The van der Waals surface area contributed by atoms with Crippen LogP contribution in [0.4, 0.5) is 0 Å². The monoisotopic (exact) mass is 213 g/mol. The molecule has 4 nitrogen and oxygen atoms in total. The highest BCUT2D eigenvalue weighted by molar-refractivity contribution is 5.89. The number of hydrogen-bond donors (Lipinski definition) is 2. The first kappa shape index (κ1) is 10.4. The Labute approximate surface area is 86.6 Å². The lowest BCUT2D eigenvalue weighted by molar-refractivity contribution is 0.0697. The molecule has 5 heteroatoms. The molecule has 0 spiro atoms. The van der Waals surface area contributed by atoms with Crippen molar-refractivity contribution in [2.24, 2.45) is 0 Å². The number of benzene rings is 1. The third kappa shape index (κ3) is 1.80. The predicted octanol–water partition coefficient (Wildman–Crippen LogP) is 1.67. The smallest absolute Gasteiger partial charge is 0.335 e. The van der Waals surface area contributed by atoms with Gasteiger partial charge in [0.15, 0.2) is 5.75 Å². The quantitative estimate of drug-likeness (QED) is 0.745. The first-order valence-corrected chi connectivity index (χ1v) is 3.73. The number of nitrogens with one attached hydrogen (secondary N) is 1. The van der Waals surface area contributed by atoms with Gasteiger partial charge in [-0.15, -0.1) is 12.4 Å². The van der Waals surface area contributed by atoms with Crippen molar-refractivity contribution in [3.05, 3.63) is 35.5 Å². The molecule has 0 atom stereocenters. The van der Waals surface area contributed by atoms with Crippen LogP contribution >= 0.6 is 12.4 Å². The second-order valence-corrected chi connectivity index (χ2v) is 2.61. The minimum Gasteiger partial charge on any atom is -0.478 e. The second-order valence-electron chi connectivity index (χ2n) is 2.61. The summed E-state index contributed by atoms with van der Waals surface area (Å²) in [7, 11) is 0. The lowest BCUT2D eigenvalue weighted by Gasteiger charge is -2.12. The molecular weight excluding hydrogens is 206 g/mol. The van der Waals surface area contributed by atoms with Crippen LogP contribution in [0, 0.1) is 0 Å². The van der Waals surface area contributed by atoms with Crippen LogP contribution in [0.25, 0.3) is 6.08 Å². The van der Waals surface area contributed by atoms with E-state index < -0.39 is 5.97 Å². The van der Waals surface area contributed by atoms with Gasteiger partial charge in [-0.2, -0.15) is 0 Å². The van der Waals surface area contributed by atoms with E-state index in [2.05, 4.69) is 5.48 Å². The van der Waals surface area contributed by atoms with Crippen LogP contribution in [0.5, 0.6) is 5.75 Å². The zero-order chi connectivity index (χ0) is 9.26. The van der Waals surface area contributed by atoms with Crippen molar-refractivity contribution < 1.29 is 14.7 Å². The third-order valence-corrected chi connectivity index (χ3v) is 1.76. The molecule has 1 aliphatic heterocycles. The van der Waals surface area contributed by atoms with Gasteiger partial charge in [-0.05, 0) is 24.3 Å². The van der Waals surface area contributed by atoms with E-state index in [1.807, 2.05) is 0 Å². The van der Waals surface area contributed by atoms with Crippen molar-refractivity contribution in [2.75, 3.05) is 0 Å². The van der Waals surface area contributed by atoms with E-state index in [9.17, 15) is 4.79 Å². The molecule has 1 aromatic carbocycles. The number of hydrogen-bond acceptors (Lipinski definition) is 3. The molecule has 1 heterocycles. The summed E-state index contributed by atoms with van der Waals surface area (Å²) >= 11 is 0. The molecule has 0 saturated heterocycles. The number of carbonyl (C=O) groups is 1. The molecule has 1 aliphatic rings. The summed E-state index contributed by atoms with van der Waals surface area (Å²) in [6.45, 7) is 0. The Kier molecular flexibility index (Phi) is 2.99. The fourth-order valence-corrected chi connectivity index (χ4v) is 1.13. The van der Waals surface area contributed by atoms with Gasteiger partial charge in [0, 0.05) is 11.8 Å². The Balaban J connectivity index is 0.000000980. The molecule has 0 aromatic heterocycles. The Morgan fingerprint density at radius 3 is 2.93 bits per heavy atom. The van der Waals surface area contributed by atoms with Gasteiger partial charge in [0.1, 0.15) is 0 Å².